The summed E-state index contributed by atoms with van der Waals surface area (Å²) in [5, 5.41) is 21.9. The molecule has 2 unspecified atom stereocenters. The summed E-state index contributed by atoms with van der Waals surface area (Å²) in [6.07, 6.45) is 9.60. The Morgan fingerprint density at radius 2 is 1.92 bits per heavy atom. The zero-order valence-corrected chi connectivity index (χ0v) is 23.8. The van der Waals surface area contributed by atoms with Crippen LogP contribution in [-0.2, 0) is 4.74 Å². The summed E-state index contributed by atoms with van der Waals surface area (Å²) in [7, 11) is 0. The molecule has 2 atom stereocenters. The van der Waals surface area contributed by atoms with Crippen molar-refractivity contribution in [1.29, 1.82) is 0 Å². The van der Waals surface area contributed by atoms with Crippen LogP contribution in [0.4, 0.5) is 4.79 Å². The quantitative estimate of drug-likeness (QED) is 0.438. The molecule has 216 valence electrons. The Hall–Kier alpha value is -2.59. The summed E-state index contributed by atoms with van der Waals surface area (Å²) >= 11 is 0. The second-order valence-corrected chi connectivity index (χ2v) is 13.3. The first-order chi connectivity index (χ1) is 18.5. The number of hydrogen-bond donors (Lipinski definition) is 3. The fourth-order valence-corrected chi connectivity index (χ4v) is 6.96. The maximum Gasteiger partial charge on any atom is 0.409 e. The van der Waals surface area contributed by atoms with Gasteiger partial charge in [-0.15, -0.1) is 0 Å². The topological polar surface area (TPSA) is 118 Å². The molecule has 0 aromatic carbocycles. The predicted octanol–water partition coefficient (Wildman–Crippen LogP) is 3.13. The highest BCUT2D eigenvalue weighted by Crippen LogP contribution is 2.55. The van der Waals surface area contributed by atoms with E-state index in [2.05, 4.69) is 29.6 Å². The van der Waals surface area contributed by atoms with Gasteiger partial charge < -0.3 is 30.1 Å². The summed E-state index contributed by atoms with van der Waals surface area (Å²) in [5.41, 5.74) is -0.574. The molecule has 1 aromatic rings. The van der Waals surface area contributed by atoms with Crippen LogP contribution in [0.25, 0.3) is 6.20 Å². The van der Waals surface area contributed by atoms with Gasteiger partial charge in [0, 0.05) is 43.8 Å². The van der Waals surface area contributed by atoms with Gasteiger partial charge in [-0.25, -0.2) is 9.48 Å². The Kier molecular flexibility index (Phi) is 7.97. The van der Waals surface area contributed by atoms with Gasteiger partial charge in [-0.05, 0) is 55.8 Å². The van der Waals surface area contributed by atoms with Crippen LogP contribution in [0.2, 0.25) is 0 Å². The first-order valence-corrected chi connectivity index (χ1v) is 14.6. The van der Waals surface area contributed by atoms with E-state index in [9.17, 15) is 14.7 Å². The SMILES string of the molecule is CC(C)COc1c(C(=O)NC2C3CC4CC2CC(O)(C4)C3)cnn1/C=C/C(C)(C)COC(=O)N1CCNCC1. The van der Waals surface area contributed by atoms with Gasteiger partial charge in [0.15, 0.2) is 0 Å². The molecule has 10 nitrogen and oxygen atoms in total. The number of ether oxygens (including phenoxy) is 2. The number of rotatable bonds is 9. The molecule has 4 saturated carbocycles. The van der Waals surface area contributed by atoms with E-state index in [-0.39, 0.29) is 30.6 Å². The lowest BCUT2D eigenvalue weighted by molar-refractivity contribution is -0.136. The molecular weight excluding hydrogens is 498 g/mol. The molecule has 5 aliphatic rings. The molecule has 39 heavy (non-hydrogen) atoms. The Balaban J connectivity index is 1.26. The van der Waals surface area contributed by atoms with E-state index in [0.29, 0.717) is 48.9 Å². The van der Waals surface area contributed by atoms with Gasteiger partial charge in [-0.3, -0.25) is 4.79 Å². The van der Waals surface area contributed by atoms with E-state index in [1.165, 1.54) is 0 Å². The van der Waals surface area contributed by atoms with E-state index in [1.807, 2.05) is 19.9 Å². The van der Waals surface area contributed by atoms with Crippen LogP contribution in [0.3, 0.4) is 0 Å². The number of carbonyl (C=O) groups excluding carboxylic acids is 2. The molecular formula is C29H45N5O5. The molecule has 0 spiro atoms. The Labute approximate surface area is 231 Å². The minimum absolute atomic E-state index is 0.0791. The maximum atomic E-state index is 13.5. The predicted molar refractivity (Wildman–Crippen MR) is 147 cm³/mol. The molecule has 6 rings (SSSR count). The standard InChI is InChI=1S/C29H45N5O5/c1-19(2)17-38-26-23(25(35)32-24-21-11-20-12-22(24)15-29(37,13-20)14-21)16-31-34(26)8-5-28(3,4)18-39-27(36)33-9-6-30-7-10-33/h5,8,16,19-22,24,30,37H,6-7,9-15,17-18H2,1-4H3,(H,32,35)/b8-5+. The molecule has 1 aliphatic heterocycles. The first-order valence-electron chi connectivity index (χ1n) is 14.6. The largest absolute Gasteiger partial charge is 0.477 e. The van der Waals surface area contributed by atoms with Crippen LogP contribution >= 0.6 is 0 Å². The summed E-state index contributed by atoms with van der Waals surface area (Å²) in [6, 6.07) is 0.0791. The highest BCUT2D eigenvalue weighted by atomic mass is 16.6. The fourth-order valence-electron chi connectivity index (χ4n) is 6.96. The number of piperazine rings is 1. The molecule has 4 aliphatic carbocycles. The number of amides is 2. The molecule has 4 bridgehead atoms. The third-order valence-corrected chi connectivity index (χ3v) is 8.70. The van der Waals surface area contributed by atoms with Crippen molar-refractivity contribution in [3.05, 3.63) is 17.8 Å². The van der Waals surface area contributed by atoms with E-state index in [0.717, 1.165) is 45.2 Å². The lowest BCUT2D eigenvalue weighted by Gasteiger charge is -2.58. The lowest BCUT2D eigenvalue weighted by Crippen LogP contribution is -2.61. The highest BCUT2D eigenvalue weighted by molar-refractivity contribution is 5.96. The van der Waals surface area contributed by atoms with Gasteiger partial charge in [0.25, 0.3) is 5.91 Å². The van der Waals surface area contributed by atoms with Crippen LogP contribution in [-0.4, -0.2) is 82.8 Å². The minimum atomic E-state index is -0.537. The summed E-state index contributed by atoms with van der Waals surface area (Å²) < 4.78 is 13.3. The van der Waals surface area contributed by atoms with Crippen LogP contribution in [0.5, 0.6) is 5.88 Å². The second kappa shape index (κ2) is 11.1. The Morgan fingerprint density at radius 3 is 2.56 bits per heavy atom. The highest BCUT2D eigenvalue weighted by Gasteiger charge is 2.55. The first kappa shape index (κ1) is 28.0. The molecule has 5 fully saturated rings. The molecule has 1 saturated heterocycles. The summed E-state index contributed by atoms with van der Waals surface area (Å²) in [4.78, 5) is 27.7. The molecule has 2 amide bonds. The number of aliphatic hydroxyl groups is 1. The van der Waals surface area contributed by atoms with E-state index < -0.39 is 11.0 Å². The molecule has 10 heteroatoms. The van der Waals surface area contributed by atoms with Crippen LogP contribution in [0, 0.1) is 29.1 Å². The average molecular weight is 544 g/mol. The third-order valence-electron chi connectivity index (χ3n) is 8.70. The zero-order chi connectivity index (χ0) is 27.8. The van der Waals surface area contributed by atoms with Gasteiger partial charge in [-0.1, -0.05) is 33.8 Å². The van der Waals surface area contributed by atoms with Crippen molar-refractivity contribution in [3.8, 4) is 5.88 Å². The van der Waals surface area contributed by atoms with Gasteiger partial charge >= 0.3 is 6.09 Å². The zero-order valence-electron chi connectivity index (χ0n) is 23.8. The number of aromatic nitrogens is 2. The monoisotopic (exact) mass is 543 g/mol. The summed E-state index contributed by atoms with van der Waals surface area (Å²) in [6.45, 7) is 11.6. The molecule has 1 aromatic heterocycles. The van der Waals surface area contributed by atoms with Gasteiger partial charge in [0.05, 0.1) is 18.4 Å². The van der Waals surface area contributed by atoms with Gasteiger partial charge in [0.1, 0.15) is 12.2 Å². The van der Waals surface area contributed by atoms with E-state index in [1.54, 1.807) is 22.0 Å². The normalized spacial score (nSPS) is 30.3. The second-order valence-electron chi connectivity index (χ2n) is 13.3. The average Bonchev–Trinajstić information content (AvgIpc) is 3.29. The number of carbonyl (C=O) groups is 2. The van der Waals surface area contributed by atoms with Crippen molar-refractivity contribution in [1.82, 2.24) is 25.3 Å². The maximum absolute atomic E-state index is 13.5. The van der Waals surface area contributed by atoms with E-state index in [4.69, 9.17) is 9.47 Å². The number of nitrogens with one attached hydrogen (secondary N) is 2. The Morgan fingerprint density at radius 1 is 1.23 bits per heavy atom. The lowest BCUT2D eigenvalue weighted by atomic mass is 9.52. The van der Waals surface area contributed by atoms with Crippen LogP contribution < -0.4 is 15.4 Å². The van der Waals surface area contributed by atoms with Crippen molar-refractivity contribution in [2.45, 2.75) is 71.4 Å². The molecule has 0 radical (unpaired) electrons. The smallest absolute Gasteiger partial charge is 0.409 e. The molecule has 2 heterocycles. The van der Waals surface area contributed by atoms with Crippen LogP contribution in [0.15, 0.2) is 12.3 Å². The van der Waals surface area contributed by atoms with Crippen molar-refractivity contribution in [2.24, 2.45) is 29.1 Å². The van der Waals surface area contributed by atoms with Crippen molar-refractivity contribution in [3.63, 3.8) is 0 Å². The number of nitrogens with zero attached hydrogens (tertiary/aromatic N) is 3. The number of hydrogen-bond acceptors (Lipinski definition) is 7. The fraction of sp³-hybridized carbons (Fsp3) is 0.759. The third kappa shape index (κ3) is 6.43. The summed E-state index contributed by atoms with van der Waals surface area (Å²) in [5.74, 6) is 1.74. The van der Waals surface area contributed by atoms with E-state index >= 15 is 0 Å². The van der Waals surface area contributed by atoms with Crippen LogP contribution in [0.1, 0.15) is 70.2 Å². The van der Waals surface area contributed by atoms with Crippen molar-refractivity contribution in [2.75, 3.05) is 39.4 Å². The molecule has 3 N–H and O–H groups in total. The van der Waals surface area contributed by atoms with Crippen molar-refractivity contribution >= 4 is 18.2 Å². The van der Waals surface area contributed by atoms with Gasteiger partial charge in [0.2, 0.25) is 5.88 Å². The minimum Gasteiger partial charge on any atom is -0.477 e. The Bertz CT molecular complexity index is 1060. The van der Waals surface area contributed by atoms with Crippen molar-refractivity contribution < 1.29 is 24.2 Å². The van der Waals surface area contributed by atoms with Gasteiger partial charge in [-0.2, -0.15) is 5.10 Å².